The Morgan fingerprint density at radius 2 is 2.00 bits per heavy atom. The van der Waals surface area contributed by atoms with Gasteiger partial charge in [0, 0.05) is 0 Å². The molecule has 0 aliphatic heterocycles. The zero-order valence-electron chi connectivity index (χ0n) is 10.8. The lowest BCUT2D eigenvalue weighted by atomic mass is 10.1. The summed E-state index contributed by atoms with van der Waals surface area (Å²) in [6.45, 7) is 6.54. The number of ether oxygens (including phenoxy) is 1. The molecule has 1 aromatic carbocycles. The van der Waals surface area contributed by atoms with Gasteiger partial charge in [0.15, 0.2) is 0 Å². The molecule has 1 atom stereocenters. The summed E-state index contributed by atoms with van der Waals surface area (Å²) in [5.41, 5.74) is 1.26. The topological polar surface area (TPSA) is 9.23 Å². The van der Waals surface area contributed by atoms with Crippen LogP contribution in [0.2, 0.25) is 0 Å². The minimum Gasteiger partial charge on any atom is -0.490 e. The largest absolute Gasteiger partial charge is 0.490 e. The van der Waals surface area contributed by atoms with Gasteiger partial charge in [0.25, 0.3) is 0 Å². The van der Waals surface area contributed by atoms with Gasteiger partial charge in [0.2, 0.25) is 0 Å². The van der Waals surface area contributed by atoms with Crippen molar-refractivity contribution in [3.63, 3.8) is 0 Å². The highest BCUT2D eigenvalue weighted by molar-refractivity contribution is 5.27. The van der Waals surface area contributed by atoms with Gasteiger partial charge in [-0.05, 0) is 43.9 Å². The molecule has 16 heavy (non-hydrogen) atoms. The molecule has 0 saturated carbocycles. The first-order valence-electron chi connectivity index (χ1n) is 6.49. The Labute approximate surface area is 99.8 Å². The number of aryl methyl sites for hydroxylation is 1. The van der Waals surface area contributed by atoms with Crippen LogP contribution < -0.4 is 4.74 Å². The molecule has 0 spiro atoms. The quantitative estimate of drug-likeness (QED) is 0.603. The van der Waals surface area contributed by atoms with Crippen molar-refractivity contribution in [2.45, 2.75) is 59.0 Å². The summed E-state index contributed by atoms with van der Waals surface area (Å²) >= 11 is 0. The monoisotopic (exact) mass is 220 g/mol. The highest BCUT2D eigenvalue weighted by atomic mass is 16.5. The van der Waals surface area contributed by atoms with Gasteiger partial charge >= 0.3 is 0 Å². The smallest absolute Gasteiger partial charge is 0.119 e. The number of hydrogen-bond donors (Lipinski definition) is 0. The highest BCUT2D eigenvalue weighted by Crippen LogP contribution is 2.18. The maximum absolute atomic E-state index is 5.99. The van der Waals surface area contributed by atoms with Gasteiger partial charge in [-0.1, -0.05) is 38.8 Å². The number of unbranched alkanes of at least 4 members (excludes halogenated alkanes) is 2. The Morgan fingerprint density at radius 1 is 1.19 bits per heavy atom. The van der Waals surface area contributed by atoms with Gasteiger partial charge in [-0.15, -0.1) is 0 Å². The van der Waals surface area contributed by atoms with E-state index in [4.69, 9.17) is 4.74 Å². The average molecular weight is 220 g/mol. The molecule has 0 aliphatic rings. The van der Waals surface area contributed by atoms with Crippen molar-refractivity contribution in [3.8, 4) is 5.75 Å². The van der Waals surface area contributed by atoms with Gasteiger partial charge < -0.3 is 4.74 Å². The lowest BCUT2D eigenvalue weighted by Crippen LogP contribution is -2.15. The maximum Gasteiger partial charge on any atom is 0.119 e. The van der Waals surface area contributed by atoms with Crippen LogP contribution in [0.3, 0.4) is 0 Å². The van der Waals surface area contributed by atoms with Gasteiger partial charge in [0.1, 0.15) is 5.75 Å². The molecule has 1 heteroatoms. The molecule has 0 aliphatic carbocycles. The molecule has 0 aromatic heterocycles. The molecule has 1 rings (SSSR count). The predicted octanol–water partition coefficient (Wildman–Crippen LogP) is 4.73. The SMILES string of the molecule is CCCCCC(CC)Oc1cccc(C)c1. The lowest BCUT2D eigenvalue weighted by Gasteiger charge is -2.17. The minimum absolute atomic E-state index is 0.383. The van der Waals surface area contributed by atoms with Crippen LogP contribution in [0.5, 0.6) is 5.75 Å². The standard InChI is InChI=1S/C15H24O/c1-4-6-7-10-14(5-2)16-15-11-8-9-13(3)12-15/h8-9,11-12,14H,4-7,10H2,1-3H3. The molecule has 1 nitrogen and oxygen atoms in total. The van der Waals surface area contributed by atoms with E-state index >= 15 is 0 Å². The third kappa shape index (κ3) is 4.69. The van der Waals surface area contributed by atoms with E-state index in [0.29, 0.717) is 6.10 Å². The van der Waals surface area contributed by atoms with Gasteiger partial charge in [0.05, 0.1) is 6.10 Å². The van der Waals surface area contributed by atoms with Crippen molar-refractivity contribution in [2.75, 3.05) is 0 Å². The summed E-state index contributed by atoms with van der Waals surface area (Å²) in [6.07, 6.45) is 6.53. The molecule has 0 radical (unpaired) electrons. The van der Waals surface area contributed by atoms with Crippen LogP contribution in [0.1, 0.15) is 51.5 Å². The second-order valence-corrected chi connectivity index (χ2v) is 4.46. The van der Waals surface area contributed by atoms with Crippen molar-refractivity contribution in [2.24, 2.45) is 0 Å². The van der Waals surface area contributed by atoms with E-state index in [1.807, 2.05) is 0 Å². The summed E-state index contributed by atoms with van der Waals surface area (Å²) in [7, 11) is 0. The number of hydrogen-bond acceptors (Lipinski definition) is 1. The molecular weight excluding hydrogens is 196 g/mol. The fraction of sp³-hybridized carbons (Fsp3) is 0.600. The van der Waals surface area contributed by atoms with Crippen LogP contribution in [-0.4, -0.2) is 6.10 Å². The van der Waals surface area contributed by atoms with Crippen LogP contribution in [0.15, 0.2) is 24.3 Å². The molecule has 0 saturated heterocycles. The number of benzene rings is 1. The first-order chi connectivity index (χ1) is 7.76. The van der Waals surface area contributed by atoms with Crippen LogP contribution in [-0.2, 0) is 0 Å². The molecule has 1 unspecified atom stereocenters. The number of rotatable bonds is 7. The van der Waals surface area contributed by atoms with E-state index in [0.717, 1.165) is 12.2 Å². The maximum atomic E-state index is 5.99. The van der Waals surface area contributed by atoms with Crippen molar-refractivity contribution in [1.82, 2.24) is 0 Å². The van der Waals surface area contributed by atoms with Crippen molar-refractivity contribution in [3.05, 3.63) is 29.8 Å². The van der Waals surface area contributed by atoms with Gasteiger partial charge in [-0.25, -0.2) is 0 Å². The average Bonchev–Trinajstić information content (AvgIpc) is 2.28. The molecule has 90 valence electrons. The zero-order valence-corrected chi connectivity index (χ0v) is 10.8. The summed E-state index contributed by atoms with van der Waals surface area (Å²) in [5, 5.41) is 0. The molecule has 0 amide bonds. The van der Waals surface area contributed by atoms with E-state index in [9.17, 15) is 0 Å². The van der Waals surface area contributed by atoms with E-state index in [1.165, 1.54) is 31.2 Å². The Kier molecular flexibility index (Phi) is 5.99. The molecule has 0 heterocycles. The first-order valence-corrected chi connectivity index (χ1v) is 6.49. The Morgan fingerprint density at radius 3 is 2.62 bits per heavy atom. The van der Waals surface area contributed by atoms with Gasteiger partial charge in [-0.2, -0.15) is 0 Å². The van der Waals surface area contributed by atoms with Crippen LogP contribution in [0.25, 0.3) is 0 Å². The minimum atomic E-state index is 0.383. The Balaban J connectivity index is 2.43. The second-order valence-electron chi connectivity index (χ2n) is 4.46. The molecule has 0 fully saturated rings. The molecular formula is C15H24O. The second kappa shape index (κ2) is 7.32. The lowest BCUT2D eigenvalue weighted by molar-refractivity contribution is 0.182. The van der Waals surface area contributed by atoms with E-state index in [2.05, 4.69) is 45.0 Å². The zero-order chi connectivity index (χ0) is 11.8. The fourth-order valence-corrected chi connectivity index (χ4v) is 1.85. The Bertz CT molecular complexity index is 293. The van der Waals surface area contributed by atoms with E-state index in [-0.39, 0.29) is 0 Å². The normalized spacial score (nSPS) is 12.4. The molecule has 0 N–H and O–H groups in total. The summed E-state index contributed by atoms with van der Waals surface area (Å²) in [5.74, 6) is 1.02. The van der Waals surface area contributed by atoms with Crippen molar-refractivity contribution < 1.29 is 4.74 Å². The van der Waals surface area contributed by atoms with Crippen molar-refractivity contribution >= 4 is 0 Å². The van der Waals surface area contributed by atoms with Crippen LogP contribution >= 0.6 is 0 Å². The summed E-state index contributed by atoms with van der Waals surface area (Å²) in [4.78, 5) is 0. The molecule has 1 aromatic rings. The van der Waals surface area contributed by atoms with E-state index < -0.39 is 0 Å². The summed E-state index contributed by atoms with van der Waals surface area (Å²) in [6, 6.07) is 8.33. The first kappa shape index (κ1) is 13.1. The molecule has 0 bridgehead atoms. The van der Waals surface area contributed by atoms with E-state index in [1.54, 1.807) is 0 Å². The highest BCUT2D eigenvalue weighted by Gasteiger charge is 2.07. The third-order valence-corrected chi connectivity index (χ3v) is 2.88. The Hall–Kier alpha value is -0.980. The van der Waals surface area contributed by atoms with Crippen LogP contribution in [0.4, 0.5) is 0 Å². The third-order valence-electron chi connectivity index (χ3n) is 2.88. The predicted molar refractivity (Wildman–Crippen MR) is 70.0 cm³/mol. The summed E-state index contributed by atoms with van der Waals surface area (Å²) < 4.78 is 5.99. The fourth-order valence-electron chi connectivity index (χ4n) is 1.85. The van der Waals surface area contributed by atoms with Crippen molar-refractivity contribution in [1.29, 1.82) is 0 Å². The van der Waals surface area contributed by atoms with Crippen LogP contribution in [0, 0.1) is 6.92 Å². The van der Waals surface area contributed by atoms with Gasteiger partial charge in [-0.3, -0.25) is 0 Å².